The normalized spacial score (nSPS) is 13.3. The second-order valence-electron chi connectivity index (χ2n) is 2.65. The fraction of sp³-hybridized carbons (Fsp3) is 0. The Morgan fingerprint density at radius 2 is 2.33 bits per heavy atom. The van der Waals surface area contributed by atoms with E-state index in [4.69, 9.17) is 0 Å². The minimum Gasteiger partial charge on any atom is -0.346 e. The minimum atomic E-state index is 0.864. The van der Waals surface area contributed by atoms with Crippen molar-refractivity contribution in [3.63, 3.8) is 0 Å². The molecular weight excluding hydrogens is 152 g/mol. The maximum Gasteiger partial charge on any atom is 0.139 e. The van der Waals surface area contributed by atoms with E-state index in [0.29, 0.717) is 0 Å². The van der Waals surface area contributed by atoms with Gasteiger partial charge in [0.15, 0.2) is 0 Å². The Balaban J connectivity index is 2.49. The first kappa shape index (κ1) is 5.77. The summed E-state index contributed by atoms with van der Waals surface area (Å²) in [5.41, 5.74) is 6.78. The van der Waals surface area contributed by atoms with Gasteiger partial charge < -0.3 is 4.98 Å². The van der Waals surface area contributed by atoms with Crippen molar-refractivity contribution in [2.24, 2.45) is 5.10 Å². The van der Waals surface area contributed by atoms with Gasteiger partial charge in [-0.2, -0.15) is 5.10 Å². The fourth-order valence-electron chi connectivity index (χ4n) is 1.36. The quantitative estimate of drug-likeness (QED) is 0.612. The lowest BCUT2D eigenvalue weighted by Crippen LogP contribution is -1.86. The maximum absolute atomic E-state index is 4.21. The van der Waals surface area contributed by atoms with E-state index >= 15 is 0 Å². The van der Waals surface area contributed by atoms with Gasteiger partial charge in [-0.05, 0) is 6.07 Å². The summed E-state index contributed by atoms with van der Waals surface area (Å²) in [6.07, 6.45) is 5.34. The molecule has 2 aromatic rings. The van der Waals surface area contributed by atoms with Gasteiger partial charge in [0.1, 0.15) is 11.3 Å². The van der Waals surface area contributed by atoms with E-state index in [-0.39, 0.29) is 0 Å². The maximum atomic E-state index is 4.21. The first-order valence-electron chi connectivity index (χ1n) is 3.65. The molecular formula is C8H5N4. The van der Waals surface area contributed by atoms with E-state index < -0.39 is 0 Å². The van der Waals surface area contributed by atoms with Crippen LogP contribution in [0.15, 0.2) is 23.6 Å². The number of aromatic amines is 1. The van der Waals surface area contributed by atoms with Crippen LogP contribution in [0.3, 0.4) is 0 Å². The lowest BCUT2D eigenvalue weighted by molar-refractivity contribution is 0.998. The smallest absolute Gasteiger partial charge is 0.139 e. The molecule has 0 atom stereocenters. The third kappa shape index (κ3) is 0.567. The van der Waals surface area contributed by atoms with Crippen molar-refractivity contribution in [1.29, 1.82) is 0 Å². The van der Waals surface area contributed by atoms with Crippen molar-refractivity contribution in [3.8, 4) is 0 Å². The Labute approximate surface area is 68.3 Å². The van der Waals surface area contributed by atoms with Crippen molar-refractivity contribution >= 4 is 22.9 Å². The Morgan fingerprint density at radius 3 is 3.33 bits per heavy atom. The summed E-state index contributed by atoms with van der Waals surface area (Å²) >= 11 is 0. The number of hydrogen-bond acceptors (Lipinski definition) is 2. The third-order valence-electron chi connectivity index (χ3n) is 1.94. The molecule has 0 aromatic carbocycles. The van der Waals surface area contributed by atoms with Crippen LogP contribution in [-0.2, 0) is 0 Å². The average Bonchev–Trinajstić information content (AvgIpc) is 2.71. The van der Waals surface area contributed by atoms with Gasteiger partial charge in [0.05, 0.1) is 6.21 Å². The lowest BCUT2D eigenvalue weighted by atomic mass is 10.2. The van der Waals surface area contributed by atoms with Crippen molar-refractivity contribution in [2.75, 3.05) is 0 Å². The Kier molecular flexibility index (Phi) is 0.889. The SMILES string of the molecule is C1=N[N]c2c1cnc1[nH]ccc21. The molecule has 0 bridgehead atoms. The highest BCUT2D eigenvalue weighted by Gasteiger charge is 2.12. The molecule has 0 unspecified atom stereocenters. The van der Waals surface area contributed by atoms with Crippen LogP contribution < -0.4 is 5.43 Å². The minimum absolute atomic E-state index is 0.864. The molecule has 4 heteroatoms. The van der Waals surface area contributed by atoms with Crippen LogP contribution in [0, 0.1) is 0 Å². The molecule has 0 fully saturated rings. The van der Waals surface area contributed by atoms with Gasteiger partial charge in [0.2, 0.25) is 0 Å². The number of nitrogens with zero attached hydrogens (tertiary/aromatic N) is 3. The molecule has 0 spiro atoms. The van der Waals surface area contributed by atoms with Crippen molar-refractivity contribution in [3.05, 3.63) is 24.0 Å². The van der Waals surface area contributed by atoms with E-state index in [9.17, 15) is 0 Å². The molecule has 2 aromatic heterocycles. The third-order valence-corrected chi connectivity index (χ3v) is 1.94. The van der Waals surface area contributed by atoms with Gasteiger partial charge in [-0.25, -0.2) is 4.98 Å². The standard InChI is InChI=1S/C8H5N4/c1-2-9-8-6(1)7-5(3-10-8)4-11-12-7/h1-4H,(H,9,10). The van der Waals surface area contributed by atoms with Crippen molar-refractivity contribution in [1.82, 2.24) is 15.4 Å². The summed E-state index contributed by atoms with van der Waals surface area (Å²) in [6.45, 7) is 0. The molecule has 0 aliphatic carbocycles. The van der Waals surface area contributed by atoms with Gasteiger partial charge in [0.25, 0.3) is 0 Å². The van der Waals surface area contributed by atoms with E-state index in [1.165, 1.54) is 0 Å². The summed E-state index contributed by atoms with van der Waals surface area (Å²) < 4.78 is 0. The number of pyridine rings is 1. The van der Waals surface area contributed by atoms with Gasteiger partial charge >= 0.3 is 0 Å². The highest BCUT2D eigenvalue weighted by atomic mass is 15.3. The van der Waals surface area contributed by atoms with Gasteiger partial charge in [0, 0.05) is 23.3 Å². The molecule has 0 amide bonds. The van der Waals surface area contributed by atoms with Crippen LogP contribution in [0.5, 0.6) is 0 Å². The summed E-state index contributed by atoms with van der Waals surface area (Å²) in [7, 11) is 0. The summed E-state index contributed by atoms with van der Waals surface area (Å²) in [6, 6.07) is 1.96. The second kappa shape index (κ2) is 1.85. The van der Waals surface area contributed by atoms with Gasteiger partial charge in [-0.15, -0.1) is 5.43 Å². The predicted molar refractivity (Wildman–Crippen MR) is 45.5 cm³/mol. The Hall–Kier alpha value is -1.84. The molecule has 1 aliphatic heterocycles. The van der Waals surface area contributed by atoms with Crippen LogP contribution in [0.25, 0.3) is 11.0 Å². The molecule has 1 N–H and O–H groups in total. The predicted octanol–water partition coefficient (Wildman–Crippen LogP) is 1.15. The molecule has 0 saturated heterocycles. The lowest BCUT2D eigenvalue weighted by Gasteiger charge is -1.95. The molecule has 1 aliphatic rings. The number of nitrogens with one attached hydrogen (secondary N) is 1. The average molecular weight is 157 g/mol. The number of hydrogen-bond donors (Lipinski definition) is 1. The van der Waals surface area contributed by atoms with Crippen molar-refractivity contribution < 1.29 is 0 Å². The van der Waals surface area contributed by atoms with Gasteiger partial charge in [-0.1, -0.05) is 0 Å². The Morgan fingerprint density at radius 1 is 1.33 bits per heavy atom. The largest absolute Gasteiger partial charge is 0.346 e. The van der Waals surface area contributed by atoms with Gasteiger partial charge in [-0.3, -0.25) is 0 Å². The zero-order valence-electron chi connectivity index (χ0n) is 6.15. The highest BCUT2D eigenvalue weighted by Crippen LogP contribution is 2.26. The summed E-state index contributed by atoms with van der Waals surface area (Å²) in [5.74, 6) is 0. The summed E-state index contributed by atoms with van der Waals surface area (Å²) in [4.78, 5) is 7.23. The van der Waals surface area contributed by atoms with Crippen LogP contribution in [0.1, 0.15) is 5.56 Å². The zero-order chi connectivity index (χ0) is 7.97. The molecule has 3 rings (SSSR count). The molecule has 57 valence electrons. The second-order valence-corrected chi connectivity index (χ2v) is 2.65. The number of rotatable bonds is 0. The van der Waals surface area contributed by atoms with E-state index in [1.807, 2.05) is 12.3 Å². The van der Waals surface area contributed by atoms with E-state index in [0.717, 1.165) is 22.3 Å². The van der Waals surface area contributed by atoms with Crippen molar-refractivity contribution in [2.45, 2.75) is 0 Å². The Bertz CT molecular complexity index is 469. The number of fused-ring (bicyclic) bond motifs is 3. The van der Waals surface area contributed by atoms with E-state index in [1.54, 1.807) is 12.4 Å². The molecule has 0 saturated carbocycles. The molecule has 1 radical (unpaired) electrons. The summed E-state index contributed by atoms with van der Waals surface area (Å²) in [5, 5.41) is 4.86. The van der Waals surface area contributed by atoms with E-state index in [2.05, 4.69) is 20.5 Å². The first-order valence-corrected chi connectivity index (χ1v) is 3.65. The fourth-order valence-corrected chi connectivity index (χ4v) is 1.36. The highest BCUT2D eigenvalue weighted by molar-refractivity contribution is 6.00. The first-order chi connectivity index (χ1) is 5.95. The number of aromatic nitrogens is 2. The monoisotopic (exact) mass is 157 g/mol. The number of H-pyrrole nitrogens is 1. The van der Waals surface area contributed by atoms with Crippen LogP contribution in [-0.4, -0.2) is 16.2 Å². The molecule has 4 nitrogen and oxygen atoms in total. The zero-order valence-corrected chi connectivity index (χ0v) is 6.15. The molecule has 3 heterocycles. The van der Waals surface area contributed by atoms with Crippen LogP contribution in [0.4, 0.5) is 5.69 Å². The van der Waals surface area contributed by atoms with Crippen LogP contribution in [0.2, 0.25) is 0 Å². The van der Waals surface area contributed by atoms with Crippen LogP contribution >= 0.6 is 0 Å². The molecule has 12 heavy (non-hydrogen) atoms. The topological polar surface area (TPSA) is 55.1 Å².